The van der Waals surface area contributed by atoms with Gasteiger partial charge in [-0.1, -0.05) is 31.7 Å². The molecule has 0 spiro atoms. The summed E-state index contributed by atoms with van der Waals surface area (Å²) in [4.78, 5) is 4.82. The van der Waals surface area contributed by atoms with Gasteiger partial charge in [-0.2, -0.15) is 0 Å². The summed E-state index contributed by atoms with van der Waals surface area (Å²) in [5.74, 6) is 1.34. The number of aromatic hydroxyl groups is 1. The third-order valence-corrected chi connectivity index (χ3v) is 4.87. The fourth-order valence-corrected chi connectivity index (χ4v) is 3.57. The number of hydrogen-bond acceptors (Lipinski definition) is 3. The van der Waals surface area contributed by atoms with Gasteiger partial charge >= 0.3 is 0 Å². The monoisotopic (exact) mass is 321 g/mol. The van der Waals surface area contributed by atoms with Crippen LogP contribution in [0.2, 0.25) is 0 Å². The molecule has 1 aliphatic carbocycles. The number of phenolic OH excluding ortho intramolecular Hbond substituents is 1. The zero-order valence-electron chi connectivity index (χ0n) is 13.8. The molecule has 0 saturated heterocycles. The maximum atomic E-state index is 9.56. The van der Waals surface area contributed by atoms with Crippen LogP contribution in [-0.4, -0.2) is 20.5 Å². The molecule has 3 aromatic rings. The van der Waals surface area contributed by atoms with E-state index in [1.165, 1.54) is 38.5 Å². The van der Waals surface area contributed by atoms with Crippen molar-refractivity contribution >= 4 is 11.5 Å². The molecule has 0 aliphatic heterocycles. The molecule has 4 nitrogen and oxygen atoms in total. The third-order valence-electron chi connectivity index (χ3n) is 4.87. The second-order valence-electron chi connectivity index (χ2n) is 6.62. The number of nitrogens with zero attached hydrogens (tertiary/aromatic N) is 2. The second kappa shape index (κ2) is 6.56. The van der Waals surface area contributed by atoms with E-state index in [0.29, 0.717) is 6.04 Å². The van der Waals surface area contributed by atoms with Gasteiger partial charge in [-0.25, -0.2) is 4.98 Å². The lowest BCUT2D eigenvalue weighted by molar-refractivity contribution is 0.475. The van der Waals surface area contributed by atoms with E-state index in [-0.39, 0.29) is 5.75 Å². The average Bonchev–Trinajstić information content (AvgIpc) is 2.78. The molecule has 24 heavy (non-hydrogen) atoms. The standard InChI is InChI=1S/C20H23N3O/c24-17-12-10-15(11-13-17)19-20(21-16-7-3-1-2-4-8-16)23-14-6-5-9-18(23)22-19/h5-6,9-14,16,21,24H,1-4,7-8H2. The van der Waals surface area contributed by atoms with Crippen molar-refractivity contribution in [1.82, 2.24) is 9.38 Å². The van der Waals surface area contributed by atoms with Crippen molar-refractivity contribution in [3.05, 3.63) is 48.7 Å². The van der Waals surface area contributed by atoms with E-state index in [1.807, 2.05) is 30.3 Å². The normalized spacial score (nSPS) is 16.2. The Bertz CT molecular complexity index is 815. The molecule has 124 valence electrons. The van der Waals surface area contributed by atoms with Gasteiger partial charge in [-0.05, 0) is 49.2 Å². The first-order valence-corrected chi connectivity index (χ1v) is 8.84. The van der Waals surface area contributed by atoms with Crippen LogP contribution in [-0.2, 0) is 0 Å². The summed E-state index contributed by atoms with van der Waals surface area (Å²) in [5.41, 5.74) is 2.91. The third kappa shape index (κ3) is 2.96. The molecule has 1 aliphatic rings. The largest absolute Gasteiger partial charge is 0.508 e. The van der Waals surface area contributed by atoms with E-state index in [1.54, 1.807) is 12.1 Å². The highest BCUT2D eigenvalue weighted by Crippen LogP contribution is 2.31. The van der Waals surface area contributed by atoms with Crippen molar-refractivity contribution in [3.8, 4) is 17.0 Å². The Balaban J connectivity index is 1.76. The lowest BCUT2D eigenvalue weighted by atomic mass is 10.1. The number of benzene rings is 1. The van der Waals surface area contributed by atoms with Crippen molar-refractivity contribution in [2.24, 2.45) is 0 Å². The van der Waals surface area contributed by atoms with Crippen molar-refractivity contribution < 1.29 is 5.11 Å². The summed E-state index contributed by atoms with van der Waals surface area (Å²) < 4.78 is 2.13. The maximum Gasteiger partial charge on any atom is 0.139 e. The van der Waals surface area contributed by atoms with Crippen LogP contribution in [0, 0.1) is 0 Å². The molecule has 4 heteroatoms. The van der Waals surface area contributed by atoms with Crippen LogP contribution >= 0.6 is 0 Å². The summed E-state index contributed by atoms with van der Waals surface area (Å²) in [6, 6.07) is 13.9. The van der Waals surface area contributed by atoms with E-state index >= 15 is 0 Å². The van der Waals surface area contributed by atoms with Gasteiger partial charge in [-0.15, -0.1) is 0 Å². The molecule has 0 radical (unpaired) electrons. The highest BCUT2D eigenvalue weighted by atomic mass is 16.3. The van der Waals surface area contributed by atoms with Crippen molar-refractivity contribution in [1.29, 1.82) is 0 Å². The van der Waals surface area contributed by atoms with E-state index in [4.69, 9.17) is 4.98 Å². The molecule has 2 aromatic heterocycles. The number of phenols is 1. The molecule has 0 amide bonds. The smallest absolute Gasteiger partial charge is 0.139 e. The molecule has 1 saturated carbocycles. The number of rotatable bonds is 3. The van der Waals surface area contributed by atoms with Crippen LogP contribution in [0.1, 0.15) is 38.5 Å². The van der Waals surface area contributed by atoms with Gasteiger partial charge in [0, 0.05) is 17.8 Å². The van der Waals surface area contributed by atoms with Gasteiger partial charge in [0.1, 0.15) is 22.9 Å². The Morgan fingerprint density at radius 1 is 0.958 bits per heavy atom. The SMILES string of the molecule is Oc1ccc(-c2nc3ccccn3c2NC2CCCCCC2)cc1. The van der Waals surface area contributed by atoms with Crippen molar-refractivity contribution in [2.45, 2.75) is 44.6 Å². The number of pyridine rings is 1. The number of anilines is 1. The Morgan fingerprint density at radius 2 is 1.71 bits per heavy atom. The number of hydrogen-bond donors (Lipinski definition) is 2. The van der Waals surface area contributed by atoms with Gasteiger partial charge in [0.15, 0.2) is 0 Å². The molecule has 4 rings (SSSR count). The first-order valence-electron chi connectivity index (χ1n) is 8.84. The van der Waals surface area contributed by atoms with Crippen LogP contribution < -0.4 is 5.32 Å². The fraction of sp³-hybridized carbons (Fsp3) is 0.350. The highest BCUT2D eigenvalue weighted by molar-refractivity contribution is 5.77. The molecule has 1 fully saturated rings. The summed E-state index contributed by atoms with van der Waals surface area (Å²) in [6.07, 6.45) is 9.77. The highest BCUT2D eigenvalue weighted by Gasteiger charge is 2.18. The zero-order valence-corrected chi connectivity index (χ0v) is 13.8. The molecular weight excluding hydrogens is 298 g/mol. The maximum absolute atomic E-state index is 9.56. The minimum absolute atomic E-state index is 0.279. The van der Waals surface area contributed by atoms with E-state index in [9.17, 15) is 5.11 Å². The summed E-state index contributed by atoms with van der Waals surface area (Å²) in [7, 11) is 0. The molecule has 1 aromatic carbocycles. The summed E-state index contributed by atoms with van der Waals surface area (Å²) >= 11 is 0. The van der Waals surface area contributed by atoms with Gasteiger partial charge in [0.25, 0.3) is 0 Å². The minimum Gasteiger partial charge on any atom is -0.508 e. The molecule has 2 heterocycles. The molecule has 0 bridgehead atoms. The average molecular weight is 321 g/mol. The Morgan fingerprint density at radius 3 is 2.46 bits per heavy atom. The van der Waals surface area contributed by atoms with Gasteiger partial charge in [-0.3, -0.25) is 4.40 Å². The molecular formula is C20H23N3O. The molecule has 0 atom stereocenters. The van der Waals surface area contributed by atoms with E-state index < -0.39 is 0 Å². The Hall–Kier alpha value is -2.49. The number of nitrogens with one attached hydrogen (secondary N) is 1. The lowest BCUT2D eigenvalue weighted by Gasteiger charge is -2.18. The van der Waals surface area contributed by atoms with Crippen LogP contribution in [0.5, 0.6) is 5.75 Å². The lowest BCUT2D eigenvalue weighted by Crippen LogP contribution is -2.19. The van der Waals surface area contributed by atoms with Gasteiger partial charge in [0.2, 0.25) is 0 Å². The first-order chi connectivity index (χ1) is 11.8. The Kier molecular flexibility index (Phi) is 4.11. The van der Waals surface area contributed by atoms with Crippen LogP contribution in [0.4, 0.5) is 5.82 Å². The number of imidazole rings is 1. The van der Waals surface area contributed by atoms with E-state index in [2.05, 4.69) is 15.9 Å². The molecule has 0 unspecified atom stereocenters. The zero-order chi connectivity index (χ0) is 16.4. The summed E-state index contributed by atoms with van der Waals surface area (Å²) in [5, 5.41) is 13.3. The molecule has 2 N–H and O–H groups in total. The van der Waals surface area contributed by atoms with Crippen LogP contribution in [0.3, 0.4) is 0 Å². The van der Waals surface area contributed by atoms with Crippen LogP contribution in [0.15, 0.2) is 48.7 Å². The predicted molar refractivity (Wildman–Crippen MR) is 97.4 cm³/mol. The number of fused-ring (bicyclic) bond motifs is 1. The number of aromatic nitrogens is 2. The quantitative estimate of drug-likeness (QED) is 0.679. The summed E-state index contributed by atoms with van der Waals surface area (Å²) in [6.45, 7) is 0. The first kappa shape index (κ1) is 15.1. The topological polar surface area (TPSA) is 49.6 Å². The predicted octanol–water partition coefficient (Wildman–Crippen LogP) is 4.84. The minimum atomic E-state index is 0.279. The van der Waals surface area contributed by atoms with Crippen molar-refractivity contribution in [3.63, 3.8) is 0 Å². The van der Waals surface area contributed by atoms with Crippen molar-refractivity contribution in [2.75, 3.05) is 5.32 Å². The fourth-order valence-electron chi connectivity index (χ4n) is 3.57. The van der Waals surface area contributed by atoms with Gasteiger partial charge in [0.05, 0.1) is 0 Å². The second-order valence-corrected chi connectivity index (χ2v) is 6.62. The Labute approximate surface area is 142 Å². The van der Waals surface area contributed by atoms with E-state index in [0.717, 1.165) is 22.7 Å². The van der Waals surface area contributed by atoms with Gasteiger partial charge < -0.3 is 10.4 Å². The van der Waals surface area contributed by atoms with Crippen LogP contribution in [0.25, 0.3) is 16.9 Å².